The largest absolute Gasteiger partial charge is 0.409 e. The number of nitrogens with zero attached hydrogens (tertiary/aromatic N) is 2. The van der Waals surface area contributed by atoms with Gasteiger partial charge >= 0.3 is 0 Å². The molecule has 0 radical (unpaired) electrons. The summed E-state index contributed by atoms with van der Waals surface area (Å²) in [6.07, 6.45) is 0. The molecule has 0 atom stereocenters. The molecule has 3 N–H and O–H groups in total. The third-order valence-electron chi connectivity index (χ3n) is 3.20. The molecule has 0 aromatic heterocycles. The molecule has 1 heterocycles. The molecule has 1 saturated heterocycles. The summed E-state index contributed by atoms with van der Waals surface area (Å²) < 4.78 is 22.6. The van der Waals surface area contributed by atoms with E-state index in [0.717, 1.165) is 5.56 Å². The second kappa shape index (κ2) is 5.58. The van der Waals surface area contributed by atoms with Crippen molar-refractivity contribution >= 4 is 15.7 Å². The van der Waals surface area contributed by atoms with E-state index in [1.165, 1.54) is 0 Å². The summed E-state index contributed by atoms with van der Waals surface area (Å²) in [5, 5.41) is 11.5. The van der Waals surface area contributed by atoms with Crippen molar-refractivity contribution in [2.24, 2.45) is 10.9 Å². The third kappa shape index (κ3) is 3.68. The van der Waals surface area contributed by atoms with Crippen molar-refractivity contribution in [3.63, 3.8) is 0 Å². The zero-order chi connectivity index (χ0) is 13.9. The van der Waals surface area contributed by atoms with E-state index in [1.807, 2.05) is 12.1 Å². The molecule has 2 rings (SSSR count). The average Bonchev–Trinajstić information content (AvgIpc) is 2.41. The van der Waals surface area contributed by atoms with Gasteiger partial charge in [-0.15, -0.1) is 0 Å². The Balaban J connectivity index is 1.97. The lowest BCUT2D eigenvalue weighted by atomic mass is 10.1. The van der Waals surface area contributed by atoms with Gasteiger partial charge in [0.2, 0.25) is 0 Å². The quantitative estimate of drug-likeness (QED) is 0.352. The van der Waals surface area contributed by atoms with E-state index in [2.05, 4.69) is 10.1 Å². The van der Waals surface area contributed by atoms with Crippen LogP contribution in [-0.2, 0) is 16.4 Å². The Labute approximate surface area is 112 Å². The van der Waals surface area contributed by atoms with Crippen LogP contribution < -0.4 is 5.73 Å². The van der Waals surface area contributed by atoms with Crippen molar-refractivity contribution in [2.45, 2.75) is 6.54 Å². The molecule has 104 valence electrons. The Morgan fingerprint density at radius 1 is 1.26 bits per heavy atom. The Bertz CT molecular complexity index is 552. The lowest BCUT2D eigenvalue weighted by molar-refractivity contribution is 0.287. The molecule has 7 heteroatoms. The lowest BCUT2D eigenvalue weighted by Gasteiger charge is -2.26. The summed E-state index contributed by atoms with van der Waals surface area (Å²) >= 11 is 0. The molecule has 19 heavy (non-hydrogen) atoms. The summed E-state index contributed by atoms with van der Waals surface area (Å²) in [4.78, 5) is 2.11. The zero-order valence-corrected chi connectivity index (χ0v) is 11.3. The fourth-order valence-electron chi connectivity index (χ4n) is 2.01. The van der Waals surface area contributed by atoms with Crippen LogP contribution in [0.25, 0.3) is 0 Å². The van der Waals surface area contributed by atoms with Crippen molar-refractivity contribution in [1.29, 1.82) is 0 Å². The molecule has 1 aliphatic rings. The minimum absolute atomic E-state index is 0.0793. The first-order chi connectivity index (χ1) is 9.00. The minimum atomic E-state index is -2.83. The Morgan fingerprint density at radius 2 is 1.84 bits per heavy atom. The van der Waals surface area contributed by atoms with E-state index >= 15 is 0 Å². The fourth-order valence-corrected chi connectivity index (χ4v) is 3.28. The smallest absolute Gasteiger partial charge is 0.170 e. The zero-order valence-electron chi connectivity index (χ0n) is 10.5. The van der Waals surface area contributed by atoms with Gasteiger partial charge in [-0.25, -0.2) is 8.42 Å². The minimum Gasteiger partial charge on any atom is -0.409 e. The topological polar surface area (TPSA) is 96.0 Å². The number of rotatable bonds is 3. The number of nitrogens with two attached hydrogens (primary N) is 1. The molecule has 0 saturated carbocycles. The lowest BCUT2D eigenvalue weighted by Crippen LogP contribution is -2.39. The Kier molecular flexibility index (Phi) is 4.06. The van der Waals surface area contributed by atoms with Crippen LogP contribution in [0.15, 0.2) is 29.4 Å². The van der Waals surface area contributed by atoms with Crippen molar-refractivity contribution in [3.05, 3.63) is 35.4 Å². The van der Waals surface area contributed by atoms with Gasteiger partial charge in [0.25, 0.3) is 0 Å². The van der Waals surface area contributed by atoms with Crippen LogP contribution in [-0.4, -0.2) is 49.0 Å². The first-order valence-corrected chi connectivity index (χ1v) is 7.82. The van der Waals surface area contributed by atoms with E-state index in [0.29, 0.717) is 25.2 Å². The molecule has 0 amide bonds. The number of oxime groups is 1. The Hall–Kier alpha value is -1.60. The molecular formula is C12H17N3O3S. The molecular weight excluding hydrogens is 266 g/mol. The van der Waals surface area contributed by atoms with Crippen LogP contribution in [0, 0.1) is 0 Å². The molecule has 1 aromatic carbocycles. The van der Waals surface area contributed by atoms with Crippen LogP contribution >= 0.6 is 0 Å². The fraction of sp³-hybridized carbons (Fsp3) is 0.417. The normalized spacial score (nSPS) is 20.3. The Morgan fingerprint density at radius 3 is 2.37 bits per heavy atom. The van der Waals surface area contributed by atoms with Crippen LogP contribution in [0.1, 0.15) is 11.1 Å². The van der Waals surface area contributed by atoms with Crippen LogP contribution in [0.5, 0.6) is 0 Å². The van der Waals surface area contributed by atoms with E-state index in [9.17, 15) is 8.42 Å². The maximum atomic E-state index is 11.3. The second-order valence-corrected chi connectivity index (χ2v) is 6.91. The van der Waals surface area contributed by atoms with E-state index in [1.54, 1.807) is 12.1 Å². The summed E-state index contributed by atoms with van der Waals surface area (Å²) in [7, 11) is -2.83. The first-order valence-electron chi connectivity index (χ1n) is 6.00. The number of sulfone groups is 1. The molecule has 1 fully saturated rings. The summed E-state index contributed by atoms with van der Waals surface area (Å²) in [6.45, 7) is 1.86. The predicted octanol–water partition coefficient (Wildman–Crippen LogP) is 0.0115. The highest BCUT2D eigenvalue weighted by molar-refractivity contribution is 7.91. The maximum Gasteiger partial charge on any atom is 0.170 e. The summed E-state index contributed by atoms with van der Waals surface area (Å²) in [6, 6.07) is 7.36. The SMILES string of the molecule is N/C(=N\O)c1ccc(CN2CCS(=O)(=O)CC2)cc1. The average molecular weight is 283 g/mol. The van der Waals surface area contributed by atoms with Gasteiger partial charge in [-0.05, 0) is 5.56 Å². The van der Waals surface area contributed by atoms with Crippen LogP contribution in [0.2, 0.25) is 0 Å². The highest BCUT2D eigenvalue weighted by Crippen LogP contribution is 2.11. The van der Waals surface area contributed by atoms with E-state index in [-0.39, 0.29) is 17.3 Å². The highest BCUT2D eigenvalue weighted by atomic mass is 32.2. The van der Waals surface area contributed by atoms with Gasteiger partial charge in [-0.2, -0.15) is 0 Å². The molecule has 1 aromatic rings. The van der Waals surface area contributed by atoms with Gasteiger partial charge < -0.3 is 10.9 Å². The van der Waals surface area contributed by atoms with E-state index < -0.39 is 9.84 Å². The molecule has 0 spiro atoms. The van der Waals surface area contributed by atoms with Gasteiger partial charge in [0.15, 0.2) is 15.7 Å². The van der Waals surface area contributed by atoms with E-state index in [4.69, 9.17) is 10.9 Å². The molecule has 6 nitrogen and oxygen atoms in total. The molecule has 0 bridgehead atoms. The van der Waals surface area contributed by atoms with Crippen molar-refractivity contribution in [1.82, 2.24) is 4.90 Å². The first kappa shape index (κ1) is 13.8. The standard InChI is InChI=1S/C12H17N3O3S/c13-12(14-16)11-3-1-10(2-4-11)9-15-5-7-19(17,18)8-6-15/h1-4,16H,5-9H2,(H2,13,14). The number of hydrogen-bond donors (Lipinski definition) is 2. The predicted molar refractivity (Wildman–Crippen MR) is 72.9 cm³/mol. The number of hydrogen-bond acceptors (Lipinski definition) is 5. The van der Waals surface area contributed by atoms with Crippen molar-refractivity contribution in [2.75, 3.05) is 24.6 Å². The van der Waals surface area contributed by atoms with Gasteiger partial charge in [0.05, 0.1) is 11.5 Å². The van der Waals surface area contributed by atoms with Gasteiger partial charge in [-0.1, -0.05) is 29.4 Å². The van der Waals surface area contributed by atoms with Crippen molar-refractivity contribution < 1.29 is 13.6 Å². The van der Waals surface area contributed by atoms with Gasteiger partial charge in [-0.3, -0.25) is 4.90 Å². The summed E-state index contributed by atoms with van der Waals surface area (Å²) in [5.74, 6) is 0.542. The third-order valence-corrected chi connectivity index (χ3v) is 4.81. The maximum absolute atomic E-state index is 11.3. The summed E-state index contributed by atoms with van der Waals surface area (Å²) in [5.41, 5.74) is 7.22. The van der Waals surface area contributed by atoms with Crippen LogP contribution in [0.3, 0.4) is 0 Å². The highest BCUT2D eigenvalue weighted by Gasteiger charge is 2.21. The van der Waals surface area contributed by atoms with Gasteiger partial charge in [0.1, 0.15) is 0 Å². The number of amidine groups is 1. The second-order valence-electron chi connectivity index (χ2n) is 4.61. The van der Waals surface area contributed by atoms with Crippen LogP contribution in [0.4, 0.5) is 0 Å². The van der Waals surface area contributed by atoms with Gasteiger partial charge in [0, 0.05) is 25.2 Å². The monoisotopic (exact) mass is 283 g/mol. The molecule has 1 aliphatic heterocycles. The molecule has 0 aliphatic carbocycles. The van der Waals surface area contributed by atoms with Crippen molar-refractivity contribution in [3.8, 4) is 0 Å². The number of benzene rings is 1. The molecule has 0 unspecified atom stereocenters.